The van der Waals surface area contributed by atoms with Crippen molar-refractivity contribution in [1.29, 1.82) is 0 Å². The van der Waals surface area contributed by atoms with Gasteiger partial charge < -0.3 is 0 Å². The van der Waals surface area contributed by atoms with E-state index in [0.717, 1.165) is 11.8 Å². The Balaban J connectivity index is 2.67. The van der Waals surface area contributed by atoms with Gasteiger partial charge in [-0.1, -0.05) is 29.8 Å². The van der Waals surface area contributed by atoms with E-state index in [2.05, 4.69) is 4.72 Å². The summed E-state index contributed by atoms with van der Waals surface area (Å²) in [6, 6.07) is 7.27. The number of sulfonamides is 1. The molecule has 1 atom stereocenters. The molecule has 0 saturated heterocycles. The lowest BCUT2D eigenvalue weighted by Gasteiger charge is -2.12. The van der Waals surface area contributed by atoms with Crippen LogP contribution < -0.4 is 4.72 Å². The molecule has 0 aliphatic heterocycles. The van der Waals surface area contributed by atoms with E-state index in [1.165, 1.54) is 0 Å². The summed E-state index contributed by atoms with van der Waals surface area (Å²) in [5, 5.41) is 0.666. The van der Waals surface area contributed by atoms with Gasteiger partial charge in [-0.25, -0.2) is 13.1 Å². The molecule has 5 heteroatoms. The molecule has 1 rings (SSSR count). The molecule has 1 unspecified atom stereocenters. The number of rotatable bonds is 4. The highest BCUT2D eigenvalue weighted by Gasteiger charge is 2.10. The molecule has 0 saturated carbocycles. The van der Waals surface area contributed by atoms with Crippen LogP contribution in [0.2, 0.25) is 5.02 Å². The molecule has 0 spiro atoms. The second kappa shape index (κ2) is 4.96. The zero-order valence-corrected chi connectivity index (χ0v) is 10.3. The summed E-state index contributed by atoms with van der Waals surface area (Å²) in [4.78, 5) is 0. The number of nitrogens with one attached hydrogen (secondary N) is 1. The Hall–Kier alpha value is -0.580. The Morgan fingerprint density at radius 2 is 2.00 bits per heavy atom. The molecule has 0 amide bonds. The summed E-state index contributed by atoms with van der Waals surface area (Å²) in [5.41, 5.74) is 0.947. The van der Waals surface area contributed by atoms with E-state index in [0.29, 0.717) is 11.4 Å². The summed E-state index contributed by atoms with van der Waals surface area (Å²) >= 11 is 5.96. The monoisotopic (exact) mass is 247 g/mol. The molecule has 0 aromatic heterocycles. The van der Waals surface area contributed by atoms with E-state index in [9.17, 15) is 8.42 Å². The molecule has 0 radical (unpaired) electrons. The summed E-state index contributed by atoms with van der Waals surface area (Å²) < 4.78 is 24.5. The van der Waals surface area contributed by atoms with Gasteiger partial charge in [0.25, 0.3) is 0 Å². The van der Waals surface area contributed by atoms with Crippen LogP contribution in [0.4, 0.5) is 0 Å². The van der Waals surface area contributed by atoms with Gasteiger partial charge in [0.2, 0.25) is 10.0 Å². The number of benzene rings is 1. The summed E-state index contributed by atoms with van der Waals surface area (Å²) in [6.07, 6.45) is 1.74. The average Bonchev–Trinajstić information content (AvgIpc) is 2.05. The van der Waals surface area contributed by atoms with Gasteiger partial charge in [-0.15, -0.1) is 0 Å². The van der Waals surface area contributed by atoms with Crippen LogP contribution in [0.25, 0.3) is 0 Å². The van der Waals surface area contributed by atoms with Crippen molar-refractivity contribution in [1.82, 2.24) is 4.72 Å². The van der Waals surface area contributed by atoms with Crippen molar-refractivity contribution in [2.45, 2.75) is 19.4 Å². The van der Waals surface area contributed by atoms with Crippen LogP contribution in [-0.4, -0.2) is 20.7 Å². The van der Waals surface area contributed by atoms with Crippen molar-refractivity contribution in [3.05, 3.63) is 34.9 Å². The summed E-state index contributed by atoms with van der Waals surface area (Å²) in [6.45, 7) is 1.81. The van der Waals surface area contributed by atoms with Crippen molar-refractivity contribution in [2.75, 3.05) is 6.26 Å². The minimum atomic E-state index is -3.15. The van der Waals surface area contributed by atoms with Crippen LogP contribution in [0.3, 0.4) is 0 Å². The minimum absolute atomic E-state index is 0.153. The quantitative estimate of drug-likeness (QED) is 0.882. The van der Waals surface area contributed by atoms with E-state index < -0.39 is 10.0 Å². The zero-order chi connectivity index (χ0) is 11.5. The van der Waals surface area contributed by atoms with Crippen LogP contribution in [0, 0.1) is 0 Å². The maximum atomic E-state index is 11.0. The number of halogens is 1. The van der Waals surface area contributed by atoms with Crippen molar-refractivity contribution in [2.24, 2.45) is 0 Å². The van der Waals surface area contributed by atoms with Crippen molar-refractivity contribution >= 4 is 21.6 Å². The maximum Gasteiger partial charge on any atom is 0.208 e. The van der Waals surface area contributed by atoms with Gasteiger partial charge in [0.15, 0.2) is 0 Å². The third-order valence-corrected chi connectivity index (χ3v) is 3.10. The van der Waals surface area contributed by atoms with Gasteiger partial charge in [-0.3, -0.25) is 0 Å². The van der Waals surface area contributed by atoms with E-state index in [1.54, 1.807) is 6.07 Å². The first-order chi connectivity index (χ1) is 6.88. The predicted molar refractivity (Wildman–Crippen MR) is 62.6 cm³/mol. The largest absolute Gasteiger partial charge is 0.213 e. The molecular weight excluding hydrogens is 234 g/mol. The van der Waals surface area contributed by atoms with Crippen LogP contribution in [-0.2, 0) is 16.4 Å². The van der Waals surface area contributed by atoms with Gasteiger partial charge in [0.05, 0.1) is 6.26 Å². The molecule has 0 heterocycles. The Morgan fingerprint density at radius 3 is 2.53 bits per heavy atom. The second-order valence-corrected chi connectivity index (χ2v) is 5.77. The molecular formula is C10H14ClNO2S. The zero-order valence-electron chi connectivity index (χ0n) is 8.70. The molecule has 15 heavy (non-hydrogen) atoms. The minimum Gasteiger partial charge on any atom is -0.213 e. The van der Waals surface area contributed by atoms with Crippen LogP contribution in [0.5, 0.6) is 0 Å². The lowest BCUT2D eigenvalue weighted by molar-refractivity contribution is 0.565. The fourth-order valence-corrected chi connectivity index (χ4v) is 2.43. The molecule has 0 aliphatic carbocycles. The molecule has 0 bridgehead atoms. The Bertz CT molecular complexity index is 431. The van der Waals surface area contributed by atoms with Crippen LogP contribution in [0.15, 0.2) is 24.3 Å². The Kier molecular flexibility index (Phi) is 4.13. The normalized spacial score (nSPS) is 13.8. The molecule has 84 valence electrons. The Morgan fingerprint density at radius 1 is 1.40 bits per heavy atom. The van der Waals surface area contributed by atoms with Crippen molar-refractivity contribution in [3.8, 4) is 0 Å². The van der Waals surface area contributed by atoms with E-state index in [1.807, 2.05) is 25.1 Å². The maximum absolute atomic E-state index is 11.0. The standard InChI is InChI=1S/C10H14ClNO2S/c1-8(12-15(2,13)14)7-9-5-3-4-6-10(9)11/h3-6,8,12H,7H2,1-2H3. The first kappa shape index (κ1) is 12.5. The lowest BCUT2D eigenvalue weighted by Crippen LogP contribution is -2.33. The van der Waals surface area contributed by atoms with Gasteiger partial charge >= 0.3 is 0 Å². The highest BCUT2D eigenvalue weighted by Crippen LogP contribution is 2.16. The van der Waals surface area contributed by atoms with Gasteiger partial charge in [-0.05, 0) is 25.0 Å². The summed E-state index contributed by atoms with van der Waals surface area (Å²) in [5.74, 6) is 0. The smallest absolute Gasteiger partial charge is 0.208 e. The number of hydrogen-bond acceptors (Lipinski definition) is 2. The van der Waals surface area contributed by atoms with Gasteiger partial charge in [0.1, 0.15) is 0 Å². The molecule has 0 aliphatic rings. The van der Waals surface area contributed by atoms with Crippen molar-refractivity contribution < 1.29 is 8.42 Å². The number of hydrogen-bond donors (Lipinski definition) is 1. The molecule has 1 aromatic carbocycles. The van der Waals surface area contributed by atoms with E-state index >= 15 is 0 Å². The van der Waals surface area contributed by atoms with E-state index in [-0.39, 0.29) is 6.04 Å². The topological polar surface area (TPSA) is 46.2 Å². The molecule has 0 fully saturated rings. The third kappa shape index (κ3) is 4.64. The lowest BCUT2D eigenvalue weighted by atomic mass is 10.1. The van der Waals surface area contributed by atoms with Crippen LogP contribution in [0.1, 0.15) is 12.5 Å². The SMILES string of the molecule is CC(Cc1ccccc1Cl)NS(C)(=O)=O. The fraction of sp³-hybridized carbons (Fsp3) is 0.400. The van der Waals surface area contributed by atoms with Gasteiger partial charge in [-0.2, -0.15) is 0 Å². The first-order valence-electron chi connectivity index (χ1n) is 4.59. The Labute approximate surface area is 95.5 Å². The first-order valence-corrected chi connectivity index (χ1v) is 6.86. The predicted octanol–water partition coefficient (Wildman–Crippen LogP) is 1.82. The van der Waals surface area contributed by atoms with Gasteiger partial charge in [0, 0.05) is 11.1 Å². The van der Waals surface area contributed by atoms with Crippen LogP contribution >= 0.6 is 11.6 Å². The summed E-state index contributed by atoms with van der Waals surface area (Å²) in [7, 11) is -3.15. The second-order valence-electron chi connectivity index (χ2n) is 3.59. The third-order valence-electron chi connectivity index (χ3n) is 1.90. The molecule has 3 nitrogen and oxygen atoms in total. The van der Waals surface area contributed by atoms with Crippen molar-refractivity contribution in [3.63, 3.8) is 0 Å². The van der Waals surface area contributed by atoms with E-state index in [4.69, 9.17) is 11.6 Å². The highest BCUT2D eigenvalue weighted by molar-refractivity contribution is 7.88. The molecule has 1 aromatic rings. The average molecular weight is 248 g/mol. The fourth-order valence-electron chi connectivity index (χ4n) is 1.40. The molecule has 1 N–H and O–H groups in total. The highest BCUT2D eigenvalue weighted by atomic mass is 35.5.